The second-order valence-electron chi connectivity index (χ2n) is 32.7. The number of benzene rings is 6. The number of hydrogen-bond acceptors (Lipinski definition) is 17. The van der Waals surface area contributed by atoms with Crippen LogP contribution in [0.5, 0.6) is 0 Å². The molecule has 5 fully saturated rings. The number of ether oxygens (including phenoxy) is 4. The van der Waals surface area contributed by atoms with Crippen molar-refractivity contribution >= 4 is 73.5 Å². The predicted octanol–water partition coefficient (Wildman–Crippen LogP) is 14.9. The topological polar surface area (TPSA) is 354 Å². The quantitative estimate of drug-likeness (QED) is 0.0370. The fraction of sp³-hybridized carbons (Fsp3) is 0.420. The zero-order valence-corrected chi connectivity index (χ0v) is 68.6. The molecule has 0 radical (unpaired) electrons. The summed E-state index contributed by atoms with van der Waals surface area (Å²) < 4.78 is 44.2. The molecule has 7 amide bonds. The lowest BCUT2D eigenvalue weighted by atomic mass is 9.92. The van der Waals surface area contributed by atoms with Gasteiger partial charge < -0.3 is 69.5 Å². The molecular weight excluding hydrogens is 1510 g/mol. The molecule has 0 spiro atoms. The van der Waals surface area contributed by atoms with E-state index < -0.39 is 51.8 Å². The number of amides is 7. The first-order valence-corrected chi connectivity index (χ1v) is 42.2. The van der Waals surface area contributed by atoms with Crippen LogP contribution in [0.2, 0.25) is 0 Å². The molecular formula is C88H103N15O13S. The highest BCUT2D eigenvalue weighted by atomic mass is 32.2. The third-order valence-corrected chi connectivity index (χ3v) is 24.8. The molecule has 5 saturated heterocycles. The molecule has 6 aromatic carbocycles. The summed E-state index contributed by atoms with van der Waals surface area (Å²) in [5.74, 6) is 1.79. The Morgan fingerprint density at radius 1 is 0.402 bits per heavy atom. The molecule has 5 aliphatic heterocycles. The van der Waals surface area contributed by atoms with Crippen molar-refractivity contribution in [3.63, 3.8) is 0 Å². The zero-order chi connectivity index (χ0) is 82.6. The van der Waals surface area contributed by atoms with Gasteiger partial charge in [0, 0.05) is 37.3 Å². The summed E-state index contributed by atoms with van der Waals surface area (Å²) in [6.45, 7) is 15.6. The van der Waals surface area contributed by atoms with Gasteiger partial charge in [0.25, 0.3) is 0 Å². The molecule has 614 valence electrons. The molecule has 28 nitrogen and oxygen atoms in total. The van der Waals surface area contributed by atoms with Gasteiger partial charge in [0.1, 0.15) is 56.9 Å². The van der Waals surface area contributed by atoms with Gasteiger partial charge in [0.05, 0.1) is 105 Å². The van der Waals surface area contributed by atoms with E-state index in [2.05, 4.69) is 150 Å². The summed E-state index contributed by atoms with van der Waals surface area (Å²) in [5.41, 5.74) is 11.2. The van der Waals surface area contributed by atoms with Crippen molar-refractivity contribution in [2.45, 2.75) is 161 Å². The van der Waals surface area contributed by atoms with Crippen LogP contribution in [0.1, 0.15) is 160 Å². The highest BCUT2D eigenvalue weighted by Crippen LogP contribution is 2.40. The molecule has 1 unspecified atom stereocenters. The van der Waals surface area contributed by atoms with Gasteiger partial charge in [-0.15, -0.1) is 0 Å². The SMILES string of the molecule is COC(=O)NC(C(=O)N1CCC[C@H]1c1ncc(-c2ccc(-c3ccc4cc(-c5cnc([C@@H]6CCCN6C(=O)[C@@H](NC(=O)OC)C(C)C)[nH]5)ccc4c3)cc2)[nH]1)C1CCS(=O)(=O)CC1.COC(=O)N[C@H](C(=O)N1CCC[C@H]1c1ncc(-c2ccc3cc(-c4ccc(-c5cnc([C@@H]6CCCN6C(=O)OC(C)(C)C)[nH]5)cc4)ccc3c2)[nH]1)C(C)C. The van der Waals surface area contributed by atoms with Gasteiger partial charge in [-0.05, 0) is 182 Å². The number of nitrogens with one attached hydrogen (secondary N) is 7. The summed E-state index contributed by atoms with van der Waals surface area (Å²) in [6.07, 6.45) is 12.0. The van der Waals surface area contributed by atoms with Crippen molar-refractivity contribution in [3.05, 3.63) is 169 Å². The summed E-state index contributed by atoms with van der Waals surface area (Å²) in [4.78, 5) is 130. The van der Waals surface area contributed by atoms with Gasteiger partial charge in [-0.3, -0.25) is 19.3 Å². The number of imidazole rings is 4. The van der Waals surface area contributed by atoms with Crippen LogP contribution < -0.4 is 16.0 Å². The van der Waals surface area contributed by atoms with Crippen LogP contribution in [0, 0.1) is 17.8 Å². The largest absolute Gasteiger partial charge is 0.453 e. The van der Waals surface area contributed by atoms with Crippen molar-refractivity contribution < 1.29 is 60.9 Å². The fourth-order valence-corrected chi connectivity index (χ4v) is 18.3. The second kappa shape index (κ2) is 34.9. The number of aromatic amines is 4. The summed E-state index contributed by atoms with van der Waals surface area (Å²) in [7, 11) is 0.666. The monoisotopic (exact) mass is 1610 g/mol. The number of rotatable bonds is 19. The number of aromatic nitrogens is 8. The van der Waals surface area contributed by atoms with Gasteiger partial charge >= 0.3 is 24.4 Å². The average Bonchev–Trinajstić information content (AvgIpc) is 1.78. The number of hydrogen-bond donors (Lipinski definition) is 7. The van der Waals surface area contributed by atoms with Crippen LogP contribution in [0.25, 0.3) is 88.8 Å². The van der Waals surface area contributed by atoms with Crippen molar-refractivity contribution in [2.75, 3.05) is 59.0 Å². The predicted molar refractivity (Wildman–Crippen MR) is 444 cm³/mol. The maximum atomic E-state index is 14.0. The lowest BCUT2D eigenvalue weighted by Crippen LogP contribution is -2.53. The Kier molecular flexibility index (Phi) is 24.4. The number of likely N-dealkylation sites (tertiary alicyclic amines) is 4. The average molecular weight is 1610 g/mol. The summed E-state index contributed by atoms with van der Waals surface area (Å²) in [6, 6.07) is 39.0. The number of methoxy groups -OCH3 is 3. The van der Waals surface area contributed by atoms with Crippen LogP contribution in [-0.2, 0) is 43.2 Å². The van der Waals surface area contributed by atoms with E-state index in [1.807, 2.05) is 84.1 Å². The Balaban J connectivity index is 0.000000195. The first-order valence-electron chi connectivity index (χ1n) is 40.3. The number of carbonyl (C=O) groups excluding carboxylic acids is 7. The van der Waals surface area contributed by atoms with E-state index in [1.54, 1.807) is 20.9 Å². The molecule has 0 saturated carbocycles. The third-order valence-electron chi connectivity index (χ3n) is 23.1. The Hall–Kier alpha value is -11.9. The molecule has 7 atom stereocenters. The molecule has 29 heteroatoms. The third kappa shape index (κ3) is 18.4. The van der Waals surface area contributed by atoms with Crippen molar-refractivity contribution in [3.8, 4) is 67.3 Å². The smallest absolute Gasteiger partial charge is 0.410 e. The van der Waals surface area contributed by atoms with Crippen LogP contribution in [0.4, 0.5) is 19.2 Å². The molecule has 117 heavy (non-hydrogen) atoms. The maximum Gasteiger partial charge on any atom is 0.410 e. The number of H-pyrrole nitrogens is 4. The maximum absolute atomic E-state index is 14.0. The number of sulfone groups is 1. The Labute approximate surface area is 680 Å². The van der Waals surface area contributed by atoms with E-state index in [-0.39, 0.29) is 77.2 Å². The van der Waals surface area contributed by atoms with Gasteiger partial charge in [-0.1, -0.05) is 125 Å². The minimum absolute atomic E-state index is 0.0163. The molecule has 15 rings (SSSR count). The molecule has 10 aromatic rings. The molecule has 0 bridgehead atoms. The zero-order valence-electron chi connectivity index (χ0n) is 67.7. The lowest BCUT2D eigenvalue weighted by molar-refractivity contribution is -0.136. The molecule has 9 heterocycles. The van der Waals surface area contributed by atoms with E-state index in [9.17, 15) is 42.0 Å². The van der Waals surface area contributed by atoms with Crippen molar-refractivity contribution in [2.24, 2.45) is 17.8 Å². The number of alkyl carbamates (subject to hydrolysis) is 3. The summed E-state index contributed by atoms with van der Waals surface area (Å²) in [5, 5.41) is 12.5. The first-order chi connectivity index (χ1) is 56.2. The number of nitrogens with zero attached hydrogens (tertiary/aromatic N) is 8. The van der Waals surface area contributed by atoms with Crippen LogP contribution in [0.3, 0.4) is 0 Å². The normalized spacial score (nSPS) is 19.0. The standard InChI is InChI=1S/C46H54N8O8S.C42H49N7O5/c1-27(2)39(51-45(57)61-3)43(55)53-19-5-7-37(53)42-48-26-36(50-42)34-16-15-32-23-31(13-14-33(32)24-34)28-9-11-29(12-10-28)35-25-47-41(49-35)38-8-6-20-54(38)44(56)40(52-46(58)62-4)30-17-21-63(59,60)22-18-30;1-25(2)36(47-40(51)53-6)39(50)48-19-7-9-34(48)37-44-24-33(46-37)31-18-17-29-21-28(15-16-30(29)22-31)26-11-13-27(14-12-26)32-23-43-38(45-32)35-10-8-20-49(35)41(52)54-42(3,4)5/h9-16,23-27,30,37-40H,5-8,17-22H2,1-4H3,(H,47,49)(H,48,50)(H,51,57)(H,52,58);11-18,21-25,34-36H,7-10,19-20H2,1-6H3,(H,43,45)(H,44,46)(H,47,51)/t37-,38-,39-,40?;34-,35-,36-/m00/s1. The second-order valence-corrected chi connectivity index (χ2v) is 35.0. The van der Waals surface area contributed by atoms with Gasteiger partial charge in [-0.2, -0.15) is 0 Å². The van der Waals surface area contributed by atoms with Crippen molar-refractivity contribution in [1.29, 1.82) is 0 Å². The lowest BCUT2D eigenvalue weighted by Gasteiger charge is -2.34. The molecule has 0 aliphatic carbocycles. The minimum atomic E-state index is -3.16. The van der Waals surface area contributed by atoms with E-state index in [1.165, 1.54) is 21.3 Å². The Morgan fingerprint density at radius 2 is 0.701 bits per heavy atom. The highest BCUT2D eigenvalue weighted by molar-refractivity contribution is 7.91. The number of fused-ring (bicyclic) bond motifs is 2. The molecule has 5 aliphatic rings. The molecule has 7 N–H and O–H groups in total. The number of carbonyl (C=O) groups is 7. The van der Waals surface area contributed by atoms with Gasteiger partial charge in [-0.25, -0.2) is 47.5 Å². The Morgan fingerprint density at radius 3 is 1.05 bits per heavy atom. The summed E-state index contributed by atoms with van der Waals surface area (Å²) >= 11 is 0. The van der Waals surface area contributed by atoms with Crippen molar-refractivity contribution in [1.82, 2.24) is 75.4 Å². The van der Waals surface area contributed by atoms with Crippen LogP contribution in [-0.4, -0.2) is 193 Å². The minimum Gasteiger partial charge on any atom is -0.453 e. The fourth-order valence-electron chi connectivity index (χ4n) is 16.8. The van der Waals surface area contributed by atoms with Gasteiger partial charge in [0.15, 0.2) is 0 Å². The van der Waals surface area contributed by atoms with Crippen LogP contribution >= 0.6 is 0 Å². The van der Waals surface area contributed by atoms with Gasteiger partial charge in [0.2, 0.25) is 17.7 Å². The van der Waals surface area contributed by atoms with E-state index in [4.69, 9.17) is 33.9 Å². The van der Waals surface area contributed by atoms with Crippen LogP contribution in [0.15, 0.2) is 146 Å². The van der Waals surface area contributed by atoms with E-state index in [0.29, 0.717) is 57.1 Å². The van der Waals surface area contributed by atoms with E-state index in [0.717, 1.165) is 145 Å². The highest BCUT2D eigenvalue weighted by Gasteiger charge is 2.44. The first kappa shape index (κ1) is 81.7. The van der Waals surface area contributed by atoms with E-state index >= 15 is 0 Å². The molecule has 4 aromatic heterocycles. The Bertz CT molecular complexity index is 5400.